The average Bonchev–Trinajstić information content (AvgIpc) is 3.34. The van der Waals surface area contributed by atoms with Crippen LogP contribution >= 0.6 is 11.8 Å². The zero-order valence-electron chi connectivity index (χ0n) is 20.0. The molecule has 0 fully saturated rings. The maximum absolute atomic E-state index is 11.8. The van der Waals surface area contributed by atoms with E-state index in [9.17, 15) is 4.79 Å². The number of nitrogen functional groups attached to an aromatic ring is 1. The molecular formula is C22H30N6O4SSn. The van der Waals surface area contributed by atoms with Gasteiger partial charge in [-0.3, -0.25) is 0 Å². The Kier molecular flexibility index (Phi) is 7.31. The molecule has 0 radical (unpaired) electrons. The van der Waals surface area contributed by atoms with Crippen LogP contribution in [-0.2, 0) is 11.3 Å². The van der Waals surface area contributed by atoms with Crippen molar-refractivity contribution in [2.75, 3.05) is 19.1 Å². The zero-order valence-corrected chi connectivity index (χ0v) is 23.7. The molecule has 12 heteroatoms. The number of carbonyl (C=O) groups is 1. The molecule has 0 saturated carbocycles. The van der Waals surface area contributed by atoms with Gasteiger partial charge in [0.25, 0.3) is 0 Å². The molecule has 3 heterocycles. The van der Waals surface area contributed by atoms with Crippen molar-refractivity contribution in [2.24, 2.45) is 0 Å². The molecular weight excluding hydrogens is 563 g/mol. The molecule has 3 aromatic rings. The van der Waals surface area contributed by atoms with E-state index in [1.54, 1.807) is 11.8 Å². The molecule has 0 atom stereocenters. The third kappa shape index (κ3) is 5.45. The third-order valence-electron chi connectivity index (χ3n) is 5.18. The second-order valence-electron chi connectivity index (χ2n) is 9.32. The number of nitrogens with zero attached hydrogens (tertiary/aromatic N) is 4. The van der Waals surface area contributed by atoms with Crippen LogP contribution in [0.5, 0.6) is 11.5 Å². The predicted octanol–water partition coefficient (Wildman–Crippen LogP) is 3.36. The molecule has 1 aliphatic heterocycles. The van der Waals surface area contributed by atoms with Gasteiger partial charge in [-0.25, -0.2) is 0 Å². The quantitative estimate of drug-likeness (QED) is 0.299. The fourth-order valence-electron chi connectivity index (χ4n) is 3.57. The number of benzene rings is 1. The van der Waals surface area contributed by atoms with Crippen molar-refractivity contribution in [3.05, 3.63) is 18.5 Å². The van der Waals surface area contributed by atoms with Crippen LogP contribution in [0, 0.1) is 0 Å². The van der Waals surface area contributed by atoms with Gasteiger partial charge in [0.15, 0.2) is 0 Å². The van der Waals surface area contributed by atoms with Crippen LogP contribution in [0.4, 0.5) is 10.6 Å². The van der Waals surface area contributed by atoms with Gasteiger partial charge in [0.2, 0.25) is 0 Å². The molecule has 0 saturated heterocycles. The van der Waals surface area contributed by atoms with Crippen molar-refractivity contribution in [3.63, 3.8) is 0 Å². The van der Waals surface area contributed by atoms with E-state index in [1.807, 2.05) is 24.5 Å². The molecule has 0 aliphatic carbocycles. The third-order valence-corrected chi connectivity index (χ3v) is 12.5. The van der Waals surface area contributed by atoms with Gasteiger partial charge in [-0.2, -0.15) is 0 Å². The van der Waals surface area contributed by atoms with Gasteiger partial charge in [-0.05, 0) is 13.8 Å². The molecule has 3 N–H and O–H groups in total. The predicted molar refractivity (Wildman–Crippen MR) is 134 cm³/mol. The zero-order chi connectivity index (χ0) is 24.5. The van der Waals surface area contributed by atoms with E-state index >= 15 is 0 Å². The number of fused-ring (bicyclic) bond motifs is 2. The molecule has 0 unspecified atom stereocenters. The summed E-state index contributed by atoms with van der Waals surface area (Å²) in [7, 11) is 0. The van der Waals surface area contributed by atoms with Crippen LogP contribution in [0.2, 0.25) is 14.8 Å². The van der Waals surface area contributed by atoms with Crippen molar-refractivity contribution >= 4 is 56.8 Å². The summed E-state index contributed by atoms with van der Waals surface area (Å²) in [5.41, 5.74) is 7.32. The number of rotatable bonds is 8. The Morgan fingerprint density at radius 1 is 1.26 bits per heavy atom. The summed E-state index contributed by atoms with van der Waals surface area (Å²) in [5.74, 6) is 1.87. The number of nitrogens with two attached hydrogens (primary N) is 1. The number of hydrogen-bond donors (Lipinski definition) is 2. The first-order valence-corrected chi connectivity index (χ1v) is 22.0. The van der Waals surface area contributed by atoms with E-state index in [2.05, 4.69) is 36.2 Å². The Balaban J connectivity index is 1.63. The van der Waals surface area contributed by atoms with Crippen molar-refractivity contribution in [3.8, 4) is 11.5 Å². The molecule has 1 aromatic carbocycles. The number of hydrogen-bond acceptors (Lipinski definition) is 9. The van der Waals surface area contributed by atoms with Gasteiger partial charge in [0.05, 0.1) is 0 Å². The summed E-state index contributed by atoms with van der Waals surface area (Å²) >= 11 is -0.953. The minimum atomic E-state index is -2.52. The number of aryl methyl sites for hydroxylation is 1. The van der Waals surface area contributed by atoms with Gasteiger partial charge >= 0.3 is 194 Å². The van der Waals surface area contributed by atoms with Gasteiger partial charge in [-0.15, -0.1) is 0 Å². The fraction of sp³-hybridized carbons (Fsp3) is 0.455. The van der Waals surface area contributed by atoms with Gasteiger partial charge in [-0.1, -0.05) is 0 Å². The summed E-state index contributed by atoms with van der Waals surface area (Å²) in [6.07, 6.45) is 1.62. The van der Waals surface area contributed by atoms with Crippen LogP contribution < -0.4 is 24.1 Å². The summed E-state index contributed by atoms with van der Waals surface area (Å²) in [6.45, 7) is 4.84. The molecule has 182 valence electrons. The minimum absolute atomic E-state index is 0.0249. The number of amides is 1. The summed E-state index contributed by atoms with van der Waals surface area (Å²) in [6, 6.07) is 4.20. The Bertz CT molecular complexity index is 1210. The van der Waals surface area contributed by atoms with Gasteiger partial charge in [0.1, 0.15) is 0 Å². The van der Waals surface area contributed by atoms with Crippen molar-refractivity contribution < 1.29 is 19.0 Å². The van der Waals surface area contributed by atoms with Gasteiger partial charge in [0, 0.05) is 0 Å². The van der Waals surface area contributed by atoms with E-state index in [-0.39, 0.29) is 19.4 Å². The summed E-state index contributed by atoms with van der Waals surface area (Å²) in [5, 5.41) is 3.47. The molecule has 1 aliphatic rings. The number of carbonyl (C=O) groups excluding carboxylic acids is 1. The summed E-state index contributed by atoms with van der Waals surface area (Å²) < 4.78 is 19.9. The number of imidazole rings is 1. The van der Waals surface area contributed by atoms with E-state index < -0.39 is 24.5 Å². The monoisotopic (exact) mass is 594 g/mol. The standard InChI is InChI=1S/C19H21N6O4S.3CH3.Sn/c1-11(2)23-19(26)27-7-3-6-25-17-15(16(20)21-9-22-17)24-18(25)30-12-4-5-13-14(8-12)29-10-28-13;;;;/h5,8-9,11H,3,6-7,10H2,1-2H3,(H,23,26)(H2,20,21,22);3*1H3;. The van der Waals surface area contributed by atoms with Crippen LogP contribution in [0.15, 0.2) is 28.5 Å². The fourth-order valence-corrected chi connectivity index (χ4v) is 10.9. The second-order valence-corrected chi connectivity index (χ2v) is 24.7. The maximum atomic E-state index is 11.8. The Labute approximate surface area is 206 Å². The first kappa shape index (κ1) is 24.7. The van der Waals surface area contributed by atoms with Crippen molar-refractivity contribution in [1.29, 1.82) is 0 Å². The van der Waals surface area contributed by atoms with E-state index in [0.29, 0.717) is 29.9 Å². The number of anilines is 1. The van der Waals surface area contributed by atoms with E-state index in [1.165, 1.54) is 9.91 Å². The van der Waals surface area contributed by atoms with E-state index in [4.69, 9.17) is 24.9 Å². The van der Waals surface area contributed by atoms with Crippen LogP contribution in [0.25, 0.3) is 11.2 Å². The first-order chi connectivity index (χ1) is 16.1. The van der Waals surface area contributed by atoms with Crippen molar-refractivity contribution in [2.45, 2.75) is 57.7 Å². The normalized spacial score (nSPS) is 13.0. The average molecular weight is 593 g/mol. The number of aromatic nitrogens is 4. The van der Waals surface area contributed by atoms with Crippen LogP contribution in [0.3, 0.4) is 0 Å². The van der Waals surface area contributed by atoms with Crippen LogP contribution in [-0.4, -0.2) is 63.4 Å². The first-order valence-electron chi connectivity index (χ1n) is 11.2. The molecule has 2 aromatic heterocycles. The van der Waals surface area contributed by atoms with Crippen molar-refractivity contribution in [1.82, 2.24) is 24.8 Å². The van der Waals surface area contributed by atoms with Crippen LogP contribution in [0.1, 0.15) is 20.3 Å². The Morgan fingerprint density at radius 3 is 2.71 bits per heavy atom. The molecule has 10 nitrogen and oxygen atoms in total. The molecule has 34 heavy (non-hydrogen) atoms. The van der Waals surface area contributed by atoms with Gasteiger partial charge < -0.3 is 0 Å². The Morgan fingerprint density at radius 2 is 2.00 bits per heavy atom. The second kappa shape index (κ2) is 10.1. The Hall–Kier alpha value is -2.41. The molecule has 0 bridgehead atoms. The summed E-state index contributed by atoms with van der Waals surface area (Å²) in [4.78, 5) is 33.3. The number of alkyl carbamates (subject to hydrolysis) is 1. The topological polar surface area (TPSA) is 126 Å². The number of ether oxygens (including phenoxy) is 3. The molecule has 0 spiro atoms. The molecule has 1 amide bonds. The SMILES string of the molecule is CC(C)NC(=O)OCCCn1c(Sc2cc3c(c[c]2[Sn]([CH3])([CH3])[CH3])OCO3)nc2c(N)ncnc21. The van der Waals surface area contributed by atoms with E-state index in [0.717, 1.165) is 21.6 Å². The number of nitrogens with one attached hydrogen (secondary N) is 1. The molecule has 4 rings (SSSR count).